The van der Waals surface area contributed by atoms with E-state index in [1.54, 1.807) is 13.2 Å². The van der Waals surface area contributed by atoms with Gasteiger partial charge >= 0.3 is 5.97 Å². The summed E-state index contributed by atoms with van der Waals surface area (Å²) in [4.78, 5) is 10.7. The van der Waals surface area contributed by atoms with Crippen LogP contribution >= 0.6 is 15.9 Å². The Morgan fingerprint density at radius 3 is 2.64 bits per heavy atom. The van der Waals surface area contributed by atoms with Crippen LogP contribution in [0.2, 0.25) is 0 Å². The van der Waals surface area contributed by atoms with Crippen molar-refractivity contribution in [1.82, 2.24) is 0 Å². The highest BCUT2D eigenvalue weighted by atomic mass is 79.9. The molecular weight excluding hydrogens is 248 g/mol. The first kappa shape index (κ1) is 11.0. The van der Waals surface area contributed by atoms with Crippen molar-refractivity contribution in [2.24, 2.45) is 0 Å². The van der Waals surface area contributed by atoms with Gasteiger partial charge in [-0.15, -0.1) is 0 Å². The summed E-state index contributed by atoms with van der Waals surface area (Å²) < 4.78 is 10.0. The van der Waals surface area contributed by atoms with Gasteiger partial charge in [0, 0.05) is 12.3 Å². The number of carbonyl (C=O) groups is 1. The second-order valence-corrected chi connectivity index (χ2v) is 3.27. The molecule has 1 rings (SSSR count). The summed E-state index contributed by atoms with van der Waals surface area (Å²) in [7, 11) is 1.54. The Bertz CT molecular complexity index is 336. The number of halogens is 1. The van der Waals surface area contributed by atoms with Crippen molar-refractivity contribution in [1.29, 1.82) is 0 Å². The lowest BCUT2D eigenvalue weighted by Crippen LogP contribution is -2.03. The van der Waals surface area contributed by atoms with Gasteiger partial charge in [0.2, 0.25) is 0 Å². The van der Waals surface area contributed by atoms with Gasteiger partial charge < -0.3 is 9.47 Å². The quantitative estimate of drug-likeness (QED) is 0.475. The molecule has 0 saturated carbocycles. The van der Waals surface area contributed by atoms with E-state index in [2.05, 4.69) is 15.9 Å². The van der Waals surface area contributed by atoms with Crippen molar-refractivity contribution in [2.45, 2.75) is 12.3 Å². The summed E-state index contributed by atoms with van der Waals surface area (Å²) >= 11 is 3.33. The zero-order valence-corrected chi connectivity index (χ0v) is 9.63. The van der Waals surface area contributed by atoms with Gasteiger partial charge in [-0.05, 0) is 17.7 Å². The lowest BCUT2D eigenvalue weighted by molar-refractivity contribution is -0.132. The molecule has 0 fully saturated rings. The predicted octanol–water partition coefficient (Wildman–Crippen LogP) is 2.52. The zero-order valence-electron chi connectivity index (χ0n) is 8.04. The fourth-order valence-corrected chi connectivity index (χ4v) is 1.38. The molecule has 0 aliphatic carbocycles. The maximum absolute atomic E-state index is 10.7. The Kier molecular flexibility index (Phi) is 3.95. The average molecular weight is 259 g/mol. The van der Waals surface area contributed by atoms with Crippen molar-refractivity contribution >= 4 is 21.9 Å². The third kappa shape index (κ3) is 2.73. The van der Waals surface area contributed by atoms with Crippen molar-refractivity contribution in [3.8, 4) is 11.5 Å². The van der Waals surface area contributed by atoms with Gasteiger partial charge in [0.25, 0.3) is 0 Å². The minimum absolute atomic E-state index is 0.352. The average Bonchev–Trinajstić information content (AvgIpc) is 2.17. The second kappa shape index (κ2) is 5.00. The number of esters is 1. The number of alkyl halides is 1. The maximum Gasteiger partial charge on any atom is 0.308 e. The molecule has 0 bridgehead atoms. The number of benzene rings is 1. The summed E-state index contributed by atoms with van der Waals surface area (Å²) in [5.41, 5.74) is 1.07. The van der Waals surface area contributed by atoms with Crippen LogP contribution in [0.1, 0.15) is 12.5 Å². The van der Waals surface area contributed by atoms with E-state index in [0.717, 1.165) is 10.9 Å². The molecule has 0 unspecified atom stereocenters. The van der Waals surface area contributed by atoms with E-state index in [1.165, 1.54) is 6.92 Å². The summed E-state index contributed by atoms with van der Waals surface area (Å²) in [6.45, 7) is 1.36. The maximum atomic E-state index is 10.7. The fourth-order valence-electron chi connectivity index (χ4n) is 1.03. The van der Waals surface area contributed by atoms with Gasteiger partial charge in [0.05, 0.1) is 7.11 Å². The van der Waals surface area contributed by atoms with Gasteiger partial charge in [0.15, 0.2) is 11.5 Å². The minimum atomic E-state index is -0.352. The van der Waals surface area contributed by atoms with E-state index in [4.69, 9.17) is 9.47 Å². The molecule has 1 aromatic carbocycles. The molecule has 0 spiro atoms. The molecular formula is C10H11BrO3. The van der Waals surface area contributed by atoms with Gasteiger partial charge in [-0.2, -0.15) is 0 Å². The lowest BCUT2D eigenvalue weighted by Gasteiger charge is -2.08. The topological polar surface area (TPSA) is 35.5 Å². The van der Waals surface area contributed by atoms with Crippen LogP contribution in [0.3, 0.4) is 0 Å². The van der Waals surface area contributed by atoms with Crippen LogP contribution in [0.5, 0.6) is 11.5 Å². The number of carbonyl (C=O) groups excluding carboxylic acids is 1. The lowest BCUT2D eigenvalue weighted by atomic mass is 10.2. The first-order chi connectivity index (χ1) is 6.67. The summed E-state index contributed by atoms with van der Waals surface area (Å²) in [6.07, 6.45) is 0. The number of rotatable bonds is 3. The zero-order chi connectivity index (χ0) is 10.6. The molecule has 0 saturated heterocycles. The smallest absolute Gasteiger partial charge is 0.308 e. The van der Waals surface area contributed by atoms with Gasteiger partial charge in [-0.3, -0.25) is 4.79 Å². The minimum Gasteiger partial charge on any atom is -0.493 e. The van der Waals surface area contributed by atoms with Crippen LogP contribution in [0, 0.1) is 0 Å². The number of methoxy groups -OCH3 is 1. The SMILES string of the molecule is COc1cc(CBr)ccc1OC(C)=O. The summed E-state index contributed by atoms with van der Waals surface area (Å²) in [5, 5.41) is 0.740. The molecule has 0 aliphatic heterocycles. The molecule has 0 atom stereocenters. The van der Waals surface area contributed by atoms with E-state index < -0.39 is 0 Å². The van der Waals surface area contributed by atoms with Gasteiger partial charge in [0.1, 0.15) is 0 Å². The third-order valence-corrected chi connectivity index (χ3v) is 2.28. The number of hydrogen-bond acceptors (Lipinski definition) is 3. The summed E-state index contributed by atoms with van der Waals surface area (Å²) in [6, 6.07) is 5.42. The van der Waals surface area contributed by atoms with Crippen LogP contribution in [0.25, 0.3) is 0 Å². The Morgan fingerprint density at radius 1 is 1.43 bits per heavy atom. The van der Waals surface area contributed by atoms with Gasteiger partial charge in [-0.1, -0.05) is 22.0 Å². The molecule has 0 radical (unpaired) electrons. The molecule has 0 aliphatic rings. The Balaban J connectivity index is 2.98. The number of hydrogen-bond donors (Lipinski definition) is 0. The Hall–Kier alpha value is -1.03. The monoisotopic (exact) mass is 258 g/mol. The van der Waals surface area contributed by atoms with E-state index in [0.29, 0.717) is 11.5 Å². The molecule has 3 nitrogen and oxygen atoms in total. The van der Waals surface area contributed by atoms with E-state index in [9.17, 15) is 4.79 Å². The molecule has 76 valence electrons. The van der Waals surface area contributed by atoms with Crippen LogP contribution in [0.4, 0.5) is 0 Å². The van der Waals surface area contributed by atoms with Crippen LogP contribution in [0.15, 0.2) is 18.2 Å². The van der Waals surface area contributed by atoms with Gasteiger partial charge in [-0.25, -0.2) is 0 Å². The van der Waals surface area contributed by atoms with E-state index >= 15 is 0 Å². The highest BCUT2D eigenvalue weighted by molar-refractivity contribution is 9.08. The third-order valence-electron chi connectivity index (χ3n) is 1.64. The Labute approximate surface area is 91.1 Å². The first-order valence-corrected chi connectivity index (χ1v) is 5.21. The predicted molar refractivity (Wildman–Crippen MR) is 56.9 cm³/mol. The standard InChI is InChI=1S/C10H11BrO3/c1-7(12)14-9-4-3-8(6-11)5-10(9)13-2/h3-5H,6H2,1-2H3. The molecule has 0 N–H and O–H groups in total. The van der Waals surface area contributed by atoms with Crippen molar-refractivity contribution in [3.63, 3.8) is 0 Å². The molecule has 0 heterocycles. The van der Waals surface area contributed by atoms with Crippen molar-refractivity contribution in [2.75, 3.05) is 7.11 Å². The van der Waals surface area contributed by atoms with E-state index in [1.807, 2.05) is 12.1 Å². The molecule has 1 aromatic rings. The molecule has 0 amide bonds. The highest BCUT2D eigenvalue weighted by Gasteiger charge is 2.06. The Morgan fingerprint density at radius 2 is 2.14 bits per heavy atom. The molecule has 4 heteroatoms. The van der Waals surface area contributed by atoms with Crippen LogP contribution in [-0.4, -0.2) is 13.1 Å². The van der Waals surface area contributed by atoms with Crippen LogP contribution < -0.4 is 9.47 Å². The fraction of sp³-hybridized carbons (Fsp3) is 0.300. The highest BCUT2D eigenvalue weighted by Crippen LogP contribution is 2.28. The largest absolute Gasteiger partial charge is 0.493 e. The van der Waals surface area contributed by atoms with E-state index in [-0.39, 0.29) is 5.97 Å². The van der Waals surface area contributed by atoms with Crippen LogP contribution in [-0.2, 0) is 10.1 Å². The first-order valence-electron chi connectivity index (χ1n) is 4.08. The summed E-state index contributed by atoms with van der Waals surface area (Å²) in [5.74, 6) is 0.664. The second-order valence-electron chi connectivity index (χ2n) is 2.71. The van der Waals surface area contributed by atoms with Crippen molar-refractivity contribution in [3.05, 3.63) is 23.8 Å². The van der Waals surface area contributed by atoms with Crippen molar-refractivity contribution < 1.29 is 14.3 Å². The molecule has 0 aromatic heterocycles. The number of ether oxygens (including phenoxy) is 2. The molecule has 14 heavy (non-hydrogen) atoms. The normalized spacial score (nSPS) is 9.64.